The zero-order valence-electron chi connectivity index (χ0n) is 7.19. The second-order valence-electron chi connectivity index (χ2n) is 2.50. The molecule has 1 aromatic carbocycles. The molecule has 3 N–H and O–H groups in total. The summed E-state index contributed by atoms with van der Waals surface area (Å²) in [6.07, 6.45) is 0. The molecular weight excluding hydrogens is 274 g/mol. The van der Waals surface area contributed by atoms with Crippen molar-refractivity contribution in [3.05, 3.63) is 16.6 Å². The number of hydrogen-bond donors (Lipinski definition) is 2. The Balaban J connectivity index is 3.47. The van der Waals surface area contributed by atoms with Crippen LogP contribution >= 0.6 is 15.9 Å². The van der Waals surface area contributed by atoms with Crippen molar-refractivity contribution in [3.63, 3.8) is 0 Å². The maximum atomic E-state index is 11.0. The lowest BCUT2D eigenvalue weighted by molar-refractivity contribution is 0.372. The molecule has 0 aliphatic rings. The average Bonchev–Trinajstić information content (AvgIpc) is 2.02. The molecule has 0 aromatic heterocycles. The van der Waals surface area contributed by atoms with E-state index in [0.717, 1.165) is 6.07 Å². The summed E-state index contributed by atoms with van der Waals surface area (Å²) in [5.41, 5.74) is 0. The van der Waals surface area contributed by atoms with Crippen LogP contribution in [0.15, 0.2) is 21.5 Å². The molecule has 0 unspecified atom stereocenters. The Morgan fingerprint density at radius 1 is 1.50 bits per heavy atom. The molecule has 0 aliphatic heterocycles. The summed E-state index contributed by atoms with van der Waals surface area (Å²) in [6.45, 7) is 0. The maximum Gasteiger partial charge on any atom is 0.239 e. The molecule has 0 heterocycles. The third-order valence-corrected chi connectivity index (χ3v) is 3.41. The first kappa shape index (κ1) is 11.3. The Kier molecular flexibility index (Phi) is 3.03. The number of rotatable bonds is 2. The summed E-state index contributed by atoms with van der Waals surface area (Å²) < 4.78 is 27.0. The fraction of sp³-hybridized carbons (Fsp3) is 0.143. The highest BCUT2D eigenvalue weighted by Gasteiger charge is 2.16. The summed E-state index contributed by atoms with van der Waals surface area (Å²) in [7, 11) is -2.51. The van der Waals surface area contributed by atoms with Gasteiger partial charge in [0.1, 0.15) is 0 Å². The van der Waals surface area contributed by atoms with Gasteiger partial charge in [0.25, 0.3) is 0 Å². The van der Waals surface area contributed by atoms with Crippen LogP contribution in [0.1, 0.15) is 0 Å². The van der Waals surface area contributed by atoms with Crippen LogP contribution in [0.2, 0.25) is 0 Å². The number of aromatic hydroxyl groups is 1. The van der Waals surface area contributed by atoms with Crippen molar-refractivity contribution in [1.29, 1.82) is 0 Å². The number of nitrogens with two attached hydrogens (primary N) is 1. The van der Waals surface area contributed by atoms with Crippen molar-refractivity contribution in [2.75, 3.05) is 7.11 Å². The van der Waals surface area contributed by atoms with Crippen molar-refractivity contribution in [1.82, 2.24) is 0 Å². The highest BCUT2D eigenvalue weighted by atomic mass is 79.9. The lowest BCUT2D eigenvalue weighted by Crippen LogP contribution is -2.12. The molecule has 0 atom stereocenters. The van der Waals surface area contributed by atoms with Crippen molar-refractivity contribution < 1.29 is 18.3 Å². The minimum Gasteiger partial charge on any atom is -0.504 e. The normalized spacial score (nSPS) is 11.4. The first-order valence-corrected chi connectivity index (χ1v) is 5.79. The lowest BCUT2D eigenvalue weighted by atomic mass is 10.3. The van der Waals surface area contributed by atoms with Gasteiger partial charge >= 0.3 is 0 Å². The highest BCUT2D eigenvalue weighted by molar-refractivity contribution is 9.10. The molecule has 5 nitrogen and oxygen atoms in total. The molecule has 0 amide bonds. The van der Waals surface area contributed by atoms with E-state index in [1.165, 1.54) is 13.2 Å². The van der Waals surface area contributed by atoms with Crippen LogP contribution in [0.5, 0.6) is 11.5 Å². The molecule has 1 aromatic rings. The molecule has 78 valence electrons. The molecule has 0 aliphatic carbocycles. The van der Waals surface area contributed by atoms with Crippen LogP contribution in [0, 0.1) is 0 Å². The van der Waals surface area contributed by atoms with E-state index in [9.17, 15) is 13.5 Å². The number of phenolic OH excluding ortho intramolecular Hbond substituents is 1. The van der Waals surface area contributed by atoms with Crippen molar-refractivity contribution in [2.24, 2.45) is 5.14 Å². The molecule has 1 rings (SSSR count). The molecule has 0 saturated carbocycles. The Labute approximate surface area is 89.7 Å². The Hall–Kier alpha value is -0.790. The Morgan fingerprint density at radius 3 is 2.50 bits per heavy atom. The fourth-order valence-electron chi connectivity index (χ4n) is 0.906. The number of benzene rings is 1. The predicted octanol–water partition coefficient (Wildman–Crippen LogP) is 0.811. The Bertz CT molecular complexity index is 457. The SMILES string of the molecule is COc1cc(S(N)(=O)=O)c(Br)cc1O. The van der Waals surface area contributed by atoms with Gasteiger partial charge in [0, 0.05) is 10.5 Å². The number of hydrogen-bond acceptors (Lipinski definition) is 4. The van der Waals surface area contributed by atoms with E-state index in [4.69, 9.17) is 9.88 Å². The van der Waals surface area contributed by atoms with Crippen molar-refractivity contribution >= 4 is 26.0 Å². The number of methoxy groups -OCH3 is 1. The third kappa shape index (κ3) is 2.17. The van der Waals surface area contributed by atoms with Gasteiger partial charge in [-0.3, -0.25) is 0 Å². The predicted molar refractivity (Wildman–Crippen MR) is 53.7 cm³/mol. The Morgan fingerprint density at radius 2 is 2.07 bits per heavy atom. The van der Waals surface area contributed by atoms with E-state index in [2.05, 4.69) is 15.9 Å². The molecule has 0 bridgehead atoms. The largest absolute Gasteiger partial charge is 0.504 e. The van der Waals surface area contributed by atoms with Crippen LogP contribution in [0.3, 0.4) is 0 Å². The number of sulfonamides is 1. The highest BCUT2D eigenvalue weighted by Crippen LogP contribution is 2.33. The van der Waals surface area contributed by atoms with Gasteiger partial charge in [-0.2, -0.15) is 0 Å². The van der Waals surface area contributed by atoms with E-state index in [0.29, 0.717) is 0 Å². The molecule has 0 radical (unpaired) electrons. The van der Waals surface area contributed by atoms with E-state index in [1.54, 1.807) is 0 Å². The quantitative estimate of drug-likeness (QED) is 0.840. The van der Waals surface area contributed by atoms with Gasteiger partial charge in [0.05, 0.1) is 12.0 Å². The molecule has 7 heteroatoms. The first-order valence-electron chi connectivity index (χ1n) is 3.45. The number of primary sulfonamides is 1. The molecule has 0 saturated heterocycles. The third-order valence-electron chi connectivity index (χ3n) is 1.54. The molecule has 0 fully saturated rings. The summed E-state index contributed by atoms with van der Waals surface area (Å²) in [5, 5.41) is 14.2. The standard InChI is InChI=1S/C7H8BrNO4S/c1-13-6-3-7(14(9,11)12)4(8)2-5(6)10/h2-3,10H,1H3,(H2,9,11,12). The number of phenols is 1. The minimum atomic E-state index is -3.82. The average molecular weight is 282 g/mol. The monoisotopic (exact) mass is 281 g/mol. The maximum absolute atomic E-state index is 11.0. The second-order valence-corrected chi connectivity index (χ2v) is 4.88. The van der Waals surface area contributed by atoms with Crippen LogP contribution in [-0.4, -0.2) is 20.6 Å². The van der Waals surface area contributed by atoms with Gasteiger partial charge in [-0.1, -0.05) is 0 Å². The van der Waals surface area contributed by atoms with Crippen LogP contribution < -0.4 is 9.88 Å². The number of ether oxygens (including phenoxy) is 1. The van der Waals surface area contributed by atoms with Crippen LogP contribution in [0.4, 0.5) is 0 Å². The summed E-state index contributed by atoms with van der Waals surface area (Å²) >= 11 is 2.97. The zero-order valence-corrected chi connectivity index (χ0v) is 9.59. The lowest BCUT2D eigenvalue weighted by Gasteiger charge is -2.07. The van der Waals surface area contributed by atoms with E-state index in [1.807, 2.05) is 0 Å². The van der Waals surface area contributed by atoms with Crippen molar-refractivity contribution in [2.45, 2.75) is 4.90 Å². The van der Waals surface area contributed by atoms with E-state index < -0.39 is 10.0 Å². The number of halogens is 1. The van der Waals surface area contributed by atoms with Gasteiger partial charge in [-0.25, -0.2) is 13.6 Å². The topological polar surface area (TPSA) is 89.6 Å². The first-order chi connectivity index (χ1) is 6.36. The van der Waals surface area contributed by atoms with Gasteiger partial charge in [-0.15, -0.1) is 0 Å². The van der Waals surface area contributed by atoms with Crippen molar-refractivity contribution in [3.8, 4) is 11.5 Å². The smallest absolute Gasteiger partial charge is 0.239 e. The fourth-order valence-corrected chi connectivity index (χ4v) is 2.52. The van der Waals surface area contributed by atoms with E-state index in [-0.39, 0.29) is 20.9 Å². The van der Waals surface area contributed by atoms with Gasteiger partial charge in [-0.05, 0) is 22.0 Å². The summed E-state index contributed by atoms with van der Waals surface area (Å²) in [5.74, 6) is -0.107. The summed E-state index contributed by atoms with van der Waals surface area (Å²) in [6, 6.07) is 2.35. The molecule has 0 spiro atoms. The zero-order chi connectivity index (χ0) is 10.9. The van der Waals surface area contributed by atoms with E-state index >= 15 is 0 Å². The van der Waals surface area contributed by atoms with Crippen LogP contribution in [0.25, 0.3) is 0 Å². The molecule has 14 heavy (non-hydrogen) atoms. The van der Waals surface area contributed by atoms with Gasteiger partial charge in [0.2, 0.25) is 10.0 Å². The molecular formula is C7H8BrNO4S. The van der Waals surface area contributed by atoms with Crippen LogP contribution in [-0.2, 0) is 10.0 Å². The minimum absolute atomic E-state index is 0.0530. The second kappa shape index (κ2) is 3.76. The van der Waals surface area contributed by atoms with Gasteiger partial charge < -0.3 is 9.84 Å². The summed E-state index contributed by atoms with van der Waals surface area (Å²) in [4.78, 5) is -0.132. The van der Waals surface area contributed by atoms with Gasteiger partial charge in [0.15, 0.2) is 11.5 Å².